The fourth-order valence-corrected chi connectivity index (χ4v) is 6.27. The molecule has 1 aromatic carbocycles. The predicted octanol–water partition coefficient (Wildman–Crippen LogP) is 3.49. The molecule has 1 aliphatic heterocycles. The lowest BCUT2D eigenvalue weighted by molar-refractivity contribution is 0.358. The maximum Gasteiger partial charge on any atom is 0.214 e. The summed E-state index contributed by atoms with van der Waals surface area (Å²) in [5.74, 6) is 0.269. The minimum absolute atomic E-state index is 0.0904. The Hall–Kier alpha value is -1.66. The van der Waals surface area contributed by atoms with E-state index < -0.39 is 10.0 Å². The lowest BCUT2D eigenvalue weighted by atomic mass is 9.72. The van der Waals surface area contributed by atoms with E-state index in [-0.39, 0.29) is 11.2 Å². The van der Waals surface area contributed by atoms with E-state index in [1.165, 1.54) is 11.3 Å². The molecular formula is C20H27N3O2S. The third-order valence-electron chi connectivity index (χ3n) is 5.99. The Bertz CT molecular complexity index is 876. The molecule has 1 fully saturated rings. The molecule has 6 heteroatoms. The number of benzene rings is 1. The van der Waals surface area contributed by atoms with Gasteiger partial charge in [0.1, 0.15) is 0 Å². The van der Waals surface area contributed by atoms with Gasteiger partial charge in [-0.1, -0.05) is 43.7 Å². The summed E-state index contributed by atoms with van der Waals surface area (Å²) >= 11 is 0. The zero-order valence-corrected chi connectivity index (χ0v) is 16.2. The Labute approximate surface area is 155 Å². The Morgan fingerprint density at radius 2 is 2.04 bits per heavy atom. The smallest absolute Gasteiger partial charge is 0.214 e. The summed E-state index contributed by atoms with van der Waals surface area (Å²) in [7, 11) is -3.15. The van der Waals surface area contributed by atoms with Gasteiger partial charge in [-0.2, -0.15) is 5.10 Å². The van der Waals surface area contributed by atoms with Gasteiger partial charge in [-0.3, -0.25) is 5.10 Å². The summed E-state index contributed by atoms with van der Waals surface area (Å²) in [6.45, 7) is 3.26. The van der Waals surface area contributed by atoms with Crippen LogP contribution in [0, 0.1) is 0 Å². The molecule has 2 aliphatic rings. The molecule has 1 N–H and O–H groups in total. The van der Waals surface area contributed by atoms with E-state index in [2.05, 4.69) is 22.3 Å². The number of hydrogen-bond donors (Lipinski definition) is 1. The molecule has 140 valence electrons. The second kappa shape index (κ2) is 6.82. The second-order valence-corrected chi connectivity index (χ2v) is 9.77. The van der Waals surface area contributed by atoms with Crippen molar-refractivity contribution in [1.29, 1.82) is 0 Å². The molecule has 1 aliphatic carbocycles. The van der Waals surface area contributed by atoms with Crippen LogP contribution in [0.4, 0.5) is 0 Å². The van der Waals surface area contributed by atoms with Crippen LogP contribution in [0.3, 0.4) is 0 Å². The zero-order valence-electron chi connectivity index (χ0n) is 15.4. The van der Waals surface area contributed by atoms with Crippen LogP contribution in [0.1, 0.15) is 50.3 Å². The Balaban J connectivity index is 1.64. The summed E-state index contributed by atoms with van der Waals surface area (Å²) in [5.41, 5.74) is 4.54. The molecule has 4 rings (SSSR count). The molecule has 2 heterocycles. The SMILES string of the molecule is CCCCS(=O)(=O)N1CC[C@]2(CCCc3c(-c4ccccc4)n[nH]c32)C1. The Morgan fingerprint density at radius 3 is 2.81 bits per heavy atom. The van der Waals surface area contributed by atoms with E-state index in [0.29, 0.717) is 13.1 Å². The van der Waals surface area contributed by atoms with E-state index in [9.17, 15) is 8.42 Å². The molecule has 1 atom stereocenters. The molecule has 1 saturated heterocycles. The topological polar surface area (TPSA) is 66.1 Å². The van der Waals surface area contributed by atoms with Crippen molar-refractivity contribution in [3.05, 3.63) is 41.6 Å². The number of aromatic nitrogens is 2. The fourth-order valence-electron chi connectivity index (χ4n) is 4.55. The third-order valence-corrected chi connectivity index (χ3v) is 7.90. The third kappa shape index (κ3) is 2.99. The molecule has 26 heavy (non-hydrogen) atoms. The van der Waals surface area contributed by atoms with Crippen LogP contribution in [0.25, 0.3) is 11.3 Å². The van der Waals surface area contributed by atoms with Crippen LogP contribution in [-0.2, 0) is 21.9 Å². The zero-order chi connectivity index (χ0) is 18.2. The number of nitrogens with one attached hydrogen (secondary N) is 1. The van der Waals surface area contributed by atoms with Gasteiger partial charge >= 0.3 is 0 Å². The van der Waals surface area contributed by atoms with Gasteiger partial charge in [0, 0.05) is 35.3 Å². The van der Waals surface area contributed by atoms with E-state index in [1.807, 2.05) is 25.1 Å². The molecule has 0 amide bonds. The number of unbranched alkanes of at least 4 members (excludes halogenated alkanes) is 1. The van der Waals surface area contributed by atoms with Gasteiger partial charge in [-0.25, -0.2) is 12.7 Å². The van der Waals surface area contributed by atoms with Gasteiger partial charge in [-0.15, -0.1) is 0 Å². The van der Waals surface area contributed by atoms with Gasteiger partial charge in [-0.05, 0) is 32.1 Å². The molecule has 0 bridgehead atoms. The number of nitrogens with zero attached hydrogens (tertiary/aromatic N) is 2. The highest BCUT2D eigenvalue weighted by atomic mass is 32.2. The fraction of sp³-hybridized carbons (Fsp3) is 0.550. The lowest BCUT2D eigenvalue weighted by Gasteiger charge is -2.33. The molecule has 1 aromatic heterocycles. The highest BCUT2D eigenvalue weighted by Crippen LogP contribution is 2.46. The largest absolute Gasteiger partial charge is 0.281 e. The normalized spacial score (nSPS) is 23.4. The maximum absolute atomic E-state index is 12.7. The monoisotopic (exact) mass is 373 g/mol. The van der Waals surface area contributed by atoms with Gasteiger partial charge in [0.05, 0.1) is 11.4 Å². The number of aromatic amines is 1. The van der Waals surface area contributed by atoms with Gasteiger partial charge in [0.2, 0.25) is 10.0 Å². The minimum atomic E-state index is -3.15. The van der Waals surface area contributed by atoms with Crippen molar-refractivity contribution in [2.75, 3.05) is 18.8 Å². The van der Waals surface area contributed by atoms with E-state index >= 15 is 0 Å². The average molecular weight is 374 g/mol. The summed E-state index contributed by atoms with van der Waals surface area (Å²) in [4.78, 5) is 0. The number of fused-ring (bicyclic) bond motifs is 2. The standard InChI is InChI=1S/C20H27N3O2S/c1-2-3-14-26(24,25)23-13-12-20(15-23)11-7-10-17-18(21-22-19(17)20)16-8-5-4-6-9-16/h4-6,8-9H,2-3,7,10-15H2,1H3,(H,21,22)/t20-/m1/s1. The first-order valence-electron chi connectivity index (χ1n) is 9.67. The van der Waals surface area contributed by atoms with E-state index in [0.717, 1.165) is 49.8 Å². The van der Waals surface area contributed by atoms with Crippen molar-refractivity contribution in [1.82, 2.24) is 14.5 Å². The van der Waals surface area contributed by atoms with Crippen molar-refractivity contribution in [2.24, 2.45) is 0 Å². The van der Waals surface area contributed by atoms with Crippen LogP contribution in [-0.4, -0.2) is 41.8 Å². The van der Waals surface area contributed by atoms with Crippen molar-refractivity contribution < 1.29 is 8.42 Å². The summed E-state index contributed by atoms with van der Waals surface area (Å²) in [5, 5.41) is 7.93. The number of H-pyrrole nitrogens is 1. The quantitative estimate of drug-likeness (QED) is 0.872. The van der Waals surface area contributed by atoms with Crippen LogP contribution in [0.2, 0.25) is 0 Å². The lowest BCUT2D eigenvalue weighted by Crippen LogP contribution is -2.37. The van der Waals surface area contributed by atoms with E-state index in [4.69, 9.17) is 0 Å². The highest BCUT2D eigenvalue weighted by molar-refractivity contribution is 7.89. The van der Waals surface area contributed by atoms with Gasteiger partial charge < -0.3 is 0 Å². The highest BCUT2D eigenvalue weighted by Gasteiger charge is 2.47. The van der Waals surface area contributed by atoms with Gasteiger partial charge in [0.25, 0.3) is 0 Å². The van der Waals surface area contributed by atoms with E-state index in [1.54, 1.807) is 4.31 Å². The number of hydrogen-bond acceptors (Lipinski definition) is 3. The summed E-state index contributed by atoms with van der Waals surface area (Å²) < 4.78 is 27.0. The minimum Gasteiger partial charge on any atom is -0.281 e. The first kappa shape index (κ1) is 17.7. The molecular weight excluding hydrogens is 346 g/mol. The van der Waals surface area contributed by atoms with Crippen molar-refractivity contribution in [3.8, 4) is 11.3 Å². The van der Waals surface area contributed by atoms with Crippen LogP contribution in [0.15, 0.2) is 30.3 Å². The molecule has 0 radical (unpaired) electrons. The van der Waals surface area contributed by atoms with Gasteiger partial charge in [0.15, 0.2) is 0 Å². The molecule has 5 nitrogen and oxygen atoms in total. The molecule has 0 saturated carbocycles. The Morgan fingerprint density at radius 1 is 1.23 bits per heavy atom. The summed E-state index contributed by atoms with van der Waals surface area (Å²) in [6.07, 6.45) is 5.68. The average Bonchev–Trinajstić information content (AvgIpc) is 3.27. The summed E-state index contributed by atoms with van der Waals surface area (Å²) in [6, 6.07) is 10.3. The first-order chi connectivity index (χ1) is 12.6. The molecule has 2 aromatic rings. The predicted molar refractivity (Wildman–Crippen MR) is 104 cm³/mol. The number of sulfonamides is 1. The number of rotatable bonds is 5. The van der Waals surface area contributed by atoms with Crippen molar-refractivity contribution >= 4 is 10.0 Å². The van der Waals surface area contributed by atoms with Crippen LogP contribution >= 0.6 is 0 Å². The maximum atomic E-state index is 12.7. The van der Waals surface area contributed by atoms with Crippen LogP contribution < -0.4 is 0 Å². The van der Waals surface area contributed by atoms with Crippen molar-refractivity contribution in [3.63, 3.8) is 0 Å². The molecule has 0 unspecified atom stereocenters. The first-order valence-corrected chi connectivity index (χ1v) is 11.3. The molecule has 1 spiro atoms. The van der Waals surface area contributed by atoms with Crippen LogP contribution in [0.5, 0.6) is 0 Å². The second-order valence-electron chi connectivity index (χ2n) is 7.68. The van der Waals surface area contributed by atoms with Crippen molar-refractivity contribution in [2.45, 2.75) is 50.9 Å². The Kier molecular flexibility index (Phi) is 4.65.